The normalized spacial score (nSPS) is 17.3. The topological polar surface area (TPSA) is 111 Å². The van der Waals surface area contributed by atoms with Gasteiger partial charge in [-0.05, 0) is 92.4 Å². The fraction of sp³-hybridized carbons (Fsp3) is 0.656. The smallest absolute Gasteiger partial charge is 0.222 e. The number of amides is 1. The van der Waals surface area contributed by atoms with Gasteiger partial charge in [0, 0.05) is 80.6 Å². The van der Waals surface area contributed by atoms with Gasteiger partial charge >= 0.3 is 0 Å². The van der Waals surface area contributed by atoms with Gasteiger partial charge in [0.2, 0.25) is 5.91 Å². The van der Waals surface area contributed by atoms with Crippen LogP contribution in [0.1, 0.15) is 254 Å². The minimum atomic E-state index is 0. The Morgan fingerprint density at radius 2 is 1.16 bits per heavy atom. The van der Waals surface area contributed by atoms with Crippen molar-refractivity contribution in [2.45, 2.75) is 249 Å². The average molecular weight is 1050 g/mol. The third-order valence-electron chi connectivity index (χ3n) is 13.8. The van der Waals surface area contributed by atoms with Gasteiger partial charge in [0.05, 0.1) is 44.3 Å². The molecule has 402 valence electrons. The number of rotatable bonds is 1. The molecule has 1 unspecified atom stereocenters. The molecule has 0 saturated carbocycles. The first kappa shape index (κ1) is 60.0. The van der Waals surface area contributed by atoms with Crippen LogP contribution >= 0.6 is 34.0 Å². The summed E-state index contributed by atoms with van der Waals surface area (Å²) in [6.45, 7) is 39.7. The van der Waals surface area contributed by atoms with Gasteiger partial charge in [-0.25, -0.2) is 15.0 Å². The second kappa shape index (κ2) is 24.0. The summed E-state index contributed by atoms with van der Waals surface area (Å²) >= 11 is 5.63. The molecule has 0 N–H and O–H groups in total. The Labute approximate surface area is 453 Å². The summed E-state index contributed by atoms with van der Waals surface area (Å²) < 4.78 is 1.85. The van der Waals surface area contributed by atoms with Crippen LogP contribution in [0.4, 0.5) is 0 Å². The predicted molar refractivity (Wildman–Crippen MR) is 309 cm³/mol. The van der Waals surface area contributed by atoms with Gasteiger partial charge in [0.1, 0.15) is 5.69 Å². The molecule has 1 aromatic carbocycles. The number of benzene rings is 1. The highest BCUT2D eigenvalue weighted by Gasteiger charge is 2.29. The third kappa shape index (κ3) is 15.8. The SMILES string of the molecule is C.CC(C)(C)c1cc2n(n1)CCCC2=O.CC(C)(C)c1ccc2c(c1)C(=O)CC2.CC(C)(C)c1nc2c(s1)CCCC2.CC1CCc2nc(C(C)(C)C)sc2C1.CCC(=O)N1CCc2nc(C(C)(C)C)sc2C1. The van der Waals surface area contributed by atoms with Crippen LogP contribution in [0, 0.1) is 5.92 Å². The van der Waals surface area contributed by atoms with Gasteiger partial charge in [0.25, 0.3) is 0 Å². The standard InChI is InChI=1S/C13H20N2OS.C13H16O.C12H19NS.C11H16N2O.C11H17NS.CH4/c1-5-11(16)15-7-6-9-10(8-15)17-12(14-9)13(2,3)4;1-13(2,3)10-6-4-9-5-7-12(14)11(9)8-10;1-8-5-6-9-10(7-8)14-11(13-9)12(2,3)4;1-11(2,3)10-7-8-9(14)5-4-6-13(8)12-10;1-11(2,3)10-12-8-6-4-5-7-9(8)13-10;/h5-8H2,1-4H3;4,6,8H,5,7H2,1-3H3;8H,5-7H2,1-4H3;7H,4-6H2,1-3H3;4-7H2,1-3H3;1H4. The van der Waals surface area contributed by atoms with E-state index >= 15 is 0 Å². The van der Waals surface area contributed by atoms with Crippen molar-refractivity contribution in [1.82, 2.24) is 29.6 Å². The van der Waals surface area contributed by atoms with Crippen LogP contribution in [-0.4, -0.2) is 53.7 Å². The van der Waals surface area contributed by atoms with Crippen LogP contribution in [-0.2, 0) is 83.5 Å². The summed E-state index contributed by atoms with van der Waals surface area (Å²) in [7, 11) is 0. The number of carbonyl (C=O) groups excluding carboxylic acids is 3. The highest BCUT2D eigenvalue weighted by atomic mass is 32.1. The molecule has 0 fully saturated rings. The average Bonchev–Trinajstić information content (AvgIpc) is 4.15. The zero-order valence-electron chi connectivity index (χ0n) is 47.3. The molecule has 1 atom stereocenters. The fourth-order valence-corrected chi connectivity index (χ4v) is 12.8. The number of hydrogen-bond acceptors (Lipinski definition) is 10. The highest BCUT2D eigenvalue weighted by Crippen LogP contribution is 2.37. The van der Waals surface area contributed by atoms with Crippen LogP contribution < -0.4 is 0 Å². The van der Waals surface area contributed by atoms with Crippen LogP contribution in [0.3, 0.4) is 0 Å². The molecule has 2 aliphatic heterocycles. The fourth-order valence-electron chi connectivity index (χ4n) is 9.09. The van der Waals surface area contributed by atoms with Crippen molar-refractivity contribution in [3.05, 3.63) is 99.1 Å². The van der Waals surface area contributed by atoms with E-state index in [2.05, 4.69) is 134 Å². The second-order valence-corrected chi connectivity index (χ2v) is 29.1. The van der Waals surface area contributed by atoms with E-state index in [9.17, 15) is 14.4 Å². The lowest BCUT2D eigenvalue weighted by Gasteiger charge is -2.25. The van der Waals surface area contributed by atoms with Crippen molar-refractivity contribution < 1.29 is 14.4 Å². The molecule has 73 heavy (non-hydrogen) atoms. The van der Waals surface area contributed by atoms with Crippen LogP contribution in [0.5, 0.6) is 0 Å². The van der Waals surface area contributed by atoms with E-state index in [-0.39, 0.29) is 46.2 Å². The number of Topliss-reactive ketones (excluding diaryl/α,β-unsaturated/α-hetero) is 2. The lowest BCUT2D eigenvalue weighted by atomic mass is 9.85. The van der Waals surface area contributed by atoms with E-state index < -0.39 is 0 Å². The van der Waals surface area contributed by atoms with Crippen LogP contribution in [0.2, 0.25) is 0 Å². The first-order chi connectivity index (χ1) is 33.4. The number of hydrogen-bond donors (Lipinski definition) is 0. The van der Waals surface area contributed by atoms with E-state index in [0.717, 1.165) is 61.8 Å². The molecular formula is C61H92N6O3S3. The molecule has 9 nitrogen and oxygen atoms in total. The Morgan fingerprint density at radius 3 is 1.71 bits per heavy atom. The van der Waals surface area contributed by atoms with Gasteiger partial charge in [-0.2, -0.15) is 5.10 Å². The van der Waals surface area contributed by atoms with Crippen LogP contribution in [0.15, 0.2) is 24.3 Å². The molecule has 6 heterocycles. The van der Waals surface area contributed by atoms with E-state index in [0.29, 0.717) is 25.0 Å². The Hall–Kier alpha value is -3.87. The Balaban J connectivity index is 0.000000169. The number of aryl methyl sites for hydroxylation is 5. The molecule has 0 spiro atoms. The number of thiazole rings is 3. The lowest BCUT2D eigenvalue weighted by molar-refractivity contribution is -0.131. The van der Waals surface area contributed by atoms with Crippen molar-refractivity contribution >= 4 is 51.5 Å². The first-order valence-corrected chi connectivity index (χ1v) is 29.4. The molecule has 4 aromatic heterocycles. The Morgan fingerprint density at radius 1 is 0.603 bits per heavy atom. The molecule has 1 amide bonds. The Bertz CT molecular complexity index is 2660. The lowest BCUT2D eigenvalue weighted by Crippen LogP contribution is -2.34. The van der Waals surface area contributed by atoms with Gasteiger partial charge in [0.15, 0.2) is 11.6 Å². The van der Waals surface area contributed by atoms with Crippen molar-refractivity contribution in [3.63, 3.8) is 0 Å². The van der Waals surface area contributed by atoms with Crippen molar-refractivity contribution in [2.24, 2.45) is 5.92 Å². The van der Waals surface area contributed by atoms with Crippen molar-refractivity contribution in [2.75, 3.05) is 6.54 Å². The summed E-state index contributed by atoms with van der Waals surface area (Å²) in [4.78, 5) is 55.4. The highest BCUT2D eigenvalue weighted by molar-refractivity contribution is 7.12. The maximum Gasteiger partial charge on any atom is 0.222 e. The maximum atomic E-state index is 11.7. The van der Waals surface area contributed by atoms with Crippen molar-refractivity contribution in [3.8, 4) is 0 Å². The summed E-state index contributed by atoms with van der Waals surface area (Å²) in [6, 6.07) is 8.28. The van der Waals surface area contributed by atoms with Gasteiger partial charge in [-0.3, -0.25) is 19.1 Å². The molecular weight excluding hydrogens is 961 g/mol. The molecule has 0 bridgehead atoms. The van der Waals surface area contributed by atoms with E-state index in [1.165, 1.54) is 93.1 Å². The largest absolute Gasteiger partial charge is 0.337 e. The zero-order chi connectivity index (χ0) is 53.1. The number of nitrogens with zero attached hydrogens (tertiary/aromatic N) is 6. The summed E-state index contributed by atoms with van der Waals surface area (Å²) in [5.74, 6) is 1.66. The first-order valence-electron chi connectivity index (χ1n) is 27.0. The molecule has 10 rings (SSSR count). The minimum Gasteiger partial charge on any atom is -0.337 e. The molecule has 0 radical (unpaired) electrons. The maximum absolute atomic E-state index is 11.7. The monoisotopic (exact) mass is 1050 g/mol. The summed E-state index contributed by atoms with van der Waals surface area (Å²) in [5, 5.41) is 8.29. The van der Waals surface area contributed by atoms with Gasteiger partial charge < -0.3 is 4.90 Å². The Kier molecular flexibility index (Phi) is 19.7. The van der Waals surface area contributed by atoms with Crippen molar-refractivity contribution in [1.29, 1.82) is 0 Å². The summed E-state index contributed by atoms with van der Waals surface area (Å²) in [5.41, 5.74) is 9.98. The third-order valence-corrected chi connectivity index (χ3v) is 18.5. The van der Waals surface area contributed by atoms with E-state index in [4.69, 9.17) is 15.0 Å². The quantitative estimate of drug-likeness (QED) is 0.164. The van der Waals surface area contributed by atoms with Crippen LogP contribution in [0.25, 0.3) is 0 Å². The van der Waals surface area contributed by atoms with E-state index in [1.807, 2.05) is 45.2 Å². The summed E-state index contributed by atoms with van der Waals surface area (Å²) in [6.07, 6.45) is 13.7. The second-order valence-electron chi connectivity index (χ2n) is 25.9. The van der Waals surface area contributed by atoms with Gasteiger partial charge in [-0.1, -0.05) is 137 Å². The molecule has 5 aliphatic rings. The minimum absolute atomic E-state index is 0. The van der Waals surface area contributed by atoms with E-state index in [1.54, 1.807) is 21.1 Å². The molecule has 3 aliphatic carbocycles. The molecule has 5 aromatic rings. The number of fused-ring (bicyclic) bond motifs is 5. The number of carbonyl (C=O) groups is 3. The predicted octanol–water partition coefficient (Wildman–Crippen LogP) is 15.5. The molecule has 0 saturated heterocycles. The number of aromatic nitrogens is 5. The number of ketones is 2. The molecule has 12 heteroatoms. The zero-order valence-corrected chi connectivity index (χ0v) is 49.8. The van der Waals surface area contributed by atoms with Gasteiger partial charge in [-0.15, -0.1) is 34.0 Å².